The lowest BCUT2D eigenvalue weighted by molar-refractivity contribution is 0.0784. The number of imidazole rings is 1. The minimum absolute atomic E-state index is 0.0898. The highest BCUT2D eigenvalue weighted by molar-refractivity contribution is 6.07. The van der Waals surface area contributed by atoms with Gasteiger partial charge in [-0.1, -0.05) is 12.1 Å². The first-order chi connectivity index (χ1) is 18.3. The summed E-state index contributed by atoms with van der Waals surface area (Å²) in [5.74, 6) is -0.974. The van der Waals surface area contributed by atoms with E-state index in [0.717, 1.165) is 24.1 Å². The van der Waals surface area contributed by atoms with Crippen LogP contribution in [0.2, 0.25) is 0 Å². The maximum atomic E-state index is 14.1. The normalized spacial score (nSPS) is 15.7. The SMILES string of the molecule is CN(C)[C@@H]1CCN(C(=O)c2cn3ncnc(N)c3c2-c2ccc(Nc3nc4cc(F)cc(F)c4[nH]3)cc2)C1. The van der Waals surface area contributed by atoms with E-state index in [1.165, 1.54) is 6.33 Å². The van der Waals surface area contributed by atoms with Gasteiger partial charge in [0, 0.05) is 48.7 Å². The molecule has 0 aliphatic carbocycles. The lowest BCUT2D eigenvalue weighted by Gasteiger charge is -2.20. The van der Waals surface area contributed by atoms with Crippen molar-refractivity contribution in [2.24, 2.45) is 0 Å². The summed E-state index contributed by atoms with van der Waals surface area (Å²) in [6.45, 7) is 1.31. The summed E-state index contributed by atoms with van der Waals surface area (Å²) < 4.78 is 29.2. The number of likely N-dealkylation sites (N-methyl/N-ethyl adjacent to an activating group) is 1. The van der Waals surface area contributed by atoms with Crippen molar-refractivity contribution in [3.63, 3.8) is 0 Å². The zero-order valence-electron chi connectivity index (χ0n) is 20.7. The number of fused-ring (bicyclic) bond motifs is 2. The maximum absolute atomic E-state index is 14.1. The van der Waals surface area contributed by atoms with E-state index in [1.54, 1.807) is 22.8 Å². The number of anilines is 3. The highest BCUT2D eigenvalue weighted by Gasteiger charge is 2.31. The zero-order chi connectivity index (χ0) is 26.6. The van der Waals surface area contributed by atoms with Crippen molar-refractivity contribution in [2.45, 2.75) is 12.5 Å². The monoisotopic (exact) mass is 517 g/mol. The molecule has 4 N–H and O–H groups in total. The molecule has 0 saturated carbocycles. The van der Waals surface area contributed by atoms with E-state index in [1.807, 2.05) is 31.1 Å². The summed E-state index contributed by atoms with van der Waals surface area (Å²) in [4.78, 5) is 28.8. The quantitative estimate of drug-likeness (QED) is 0.325. The predicted octanol–water partition coefficient (Wildman–Crippen LogP) is 3.65. The van der Waals surface area contributed by atoms with Gasteiger partial charge in [-0.25, -0.2) is 23.3 Å². The molecule has 12 heteroatoms. The maximum Gasteiger partial charge on any atom is 0.256 e. The molecule has 1 atom stereocenters. The molecular weight excluding hydrogens is 492 g/mol. The molecule has 2 aromatic carbocycles. The smallest absolute Gasteiger partial charge is 0.256 e. The largest absolute Gasteiger partial charge is 0.382 e. The fourth-order valence-electron chi connectivity index (χ4n) is 4.96. The summed E-state index contributed by atoms with van der Waals surface area (Å²) >= 11 is 0. The van der Waals surface area contributed by atoms with Crippen molar-refractivity contribution in [1.29, 1.82) is 0 Å². The number of nitrogen functional groups attached to an aromatic ring is 1. The van der Waals surface area contributed by atoms with E-state index in [-0.39, 0.29) is 28.7 Å². The second-order valence-electron chi connectivity index (χ2n) is 9.58. The number of amides is 1. The van der Waals surface area contributed by atoms with Crippen molar-refractivity contribution in [3.05, 3.63) is 66.1 Å². The molecule has 38 heavy (non-hydrogen) atoms. The Morgan fingerprint density at radius 3 is 2.74 bits per heavy atom. The lowest BCUT2D eigenvalue weighted by atomic mass is 10.0. The number of aromatic amines is 1. The Labute approximate surface area is 216 Å². The Bertz CT molecular complexity index is 1680. The van der Waals surface area contributed by atoms with Gasteiger partial charge < -0.3 is 25.8 Å². The fourth-order valence-corrected chi connectivity index (χ4v) is 4.96. The highest BCUT2D eigenvalue weighted by Crippen LogP contribution is 2.35. The Morgan fingerprint density at radius 2 is 2.00 bits per heavy atom. The summed E-state index contributed by atoms with van der Waals surface area (Å²) in [5.41, 5.74) is 9.62. The molecule has 5 aromatic rings. The van der Waals surface area contributed by atoms with Crippen LogP contribution < -0.4 is 11.1 Å². The summed E-state index contributed by atoms with van der Waals surface area (Å²) in [7, 11) is 4.03. The minimum atomic E-state index is -0.719. The van der Waals surface area contributed by atoms with Crippen molar-refractivity contribution in [1.82, 2.24) is 34.4 Å². The zero-order valence-corrected chi connectivity index (χ0v) is 20.7. The van der Waals surface area contributed by atoms with Gasteiger partial charge in [0.05, 0.1) is 11.1 Å². The van der Waals surface area contributed by atoms with Gasteiger partial charge in [0.25, 0.3) is 5.91 Å². The molecule has 4 heterocycles. The molecule has 0 spiro atoms. The number of hydrogen-bond donors (Lipinski definition) is 3. The molecule has 1 amide bonds. The lowest BCUT2D eigenvalue weighted by Crippen LogP contribution is -2.34. The third kappa shape index (κ3) is 4.08. The van der Waals surface area contributed by atoms with Gasteiger partial charge in [-0.2, -0.15) is 5.10 Å². The average Bonchev–Trinajstić information content (AvgIpc) is 3.61. The molecule has 1 saturated heterocycles. The van der Waals surface area contributed by atoms with Gasteiger partial charge in [0.15, 0.2) is 11.6 Å². The Balaban J connectivity index is 1.34. The van der Waals surface area contributed by atoms with Crippen LogP contribution in [0.5, 0.6) is 0 Å². The van der Waals surface area contributed by atoms with E-state index in [4.69, 9.17) is 5.73 Å². The molecule has 3 aromatic heterocycles. The van der Waals surface area contributed by atoms with Crippen LogP contribution in [0.1, 0.15) is 16.8 Å². The standard InChI is InChI=1S/C26H25F2N9O/c1-35(2)17-7-8-36(11-17)25(38)18-12-37-23(24(29)30-13-31-37)21(18)14-3-5-16(6-4-14)32-26-33-20-10-15(27)9-19(28)22(20)34-26/h3-6,9-10,12-13,17H,7-8,11H2,1-2H3,(H2,29,30,31)(H2,32,33,34)/t17-/m1/s1. The number of H-pyrrole nitrogens is 1. The molecule has 194 valence electrons. The molecule has 1 fully saturated rings. The van der Waals surface area contributed by atoms with Crippen LogP contribution in [0.4, 0.5) is 26.2 Å². The van der Waals surface area contributed by atoms with Gasteiger partial charge in [-0.3, -0.25) is 4.79 Å². The molecule has 1 aliphatic heterocycles. The number of aromatic nitrogens is 5. The van der Waals surface area contributed by atoms with Crippen LogP contribution in [0.25, 0.3) is 27.7 Å². The molecule has 6 rings (SSSR count). The van der Waals surface area contributed by atoms with Crippen LogP contribution >= 0.6 is 0 Å². The number of carbonyl (C=O) groups excluding carboxylic acids is 1. The Hall–Kier alpha value is -4.58. The number of hydrogen-bond acceptors (Lipinski definition) is 7. The Kier molecular flexibility index (Phi) is 5.68. The molecule has 1 aliphatic rings. The van der Waals surface area contributed by atoms with Gasteiger partial charge in [0.2, 0.25) is 5.95 Å². The van der Waals surface area contributed by atoms with Gasteiger partial charge in [0.1, 0.15) is 23.2 Å². The van der Waals surface area contributed by atoms with Gasteiger partial charge >= 0.3 is 0 Å². The number of halogens is 2. The number of nitrogens with zero attached hydrogens (tertiary/aromatic N) is 6. The molecular formula is C26H25F2N9O. The minimum Gasteiger partial charge on any atom is -0.382 e. The molecule has 0 bridgehead atoms. The molecule has 0 radical (unpaired) electrons. The Morgan fingerprint density at radius 1 is 1.21 bits per heavy atom. The van der Waals surface area contributed by atoms with Crippen molar-refractivity contribution < 1.29 is 13.6 Å². The van der Waals surface area contributed by atoms with E-state index >= 15 is 0 Å². The fraction of sp³-hybridized carbons (Fsp3) is 0.231. The van der Waals surface area contributed by atoms with E-state index in [9.17, 15) is 13.6 Å². The van der Waals surface area contributed by atoms with Gasteiger partial charge in [-0.05, 0) is 38.2 Å². The van der Waals surface area contributed by atoms with Crippen molar-refractivity contribution in [3.8, 4) is 11.1 Å². The topological polar surface area (TPSA) is 120 Å². The third-order valence-corrected chi connectivity index (χ3v) is 6.96. The number of benzene rings is 2. The first-order valence-electron chi connectivity index (χ1n) is 12.1. The van der Waals surface area contributed by atoms with E-state index in [2.05, 4.69) is 30.3 Å². The second kappa shape index (κ2) is 9.06. The number of carbonyl (C=O) groups is 1. The average molecular weight is 518 g/mol. The first kappa shape index (κ1) is 23.8. The van der Waals surface area contributed by atoms with Crippen LogP contribution in [0, 0.1) is 11.6 Å². The molecule has 0 unspecified atom stereocenters. The van der Waals surface area contributed by atoms with Crippen LogP contribution in [-0.4, -0.2) is 73.5 Å². The highest BCUT2D eigenvalue weighted by atomic mass is 19.1. The number of likely N-dealkylation sites (tertiary alicyclic amines) is 1. The van der Waals surface area contributed by atoms with E-state index in [0.29, 0.717) is 41.5 Å². The van der Waals surface area contributed by atoms with Crippen molar-refractivity contribution in [2.75, 3.05) is 38.2 Å². The predicted molar refractivity (Wildman–Crippen MR) is 140 cm³/mol. The van der Waals surface area contributed by atoms with Crippen LogP contribution in [0.3, 0.4) is 0 Å². The summed E-state index contributed by atoms with van der Waals surface area (Å²) in [5, 5.41) is 7.34. The van der Waals surface area contributed by atoms with Crippen molar-refractivity contribution >= 4 is 39.9 Å². The van der Waals surface area contributed by atoms with Crippen LogP contribution in [-0.2, 0) is 0 Å². The van der Waals surface area contributed by atoms with E-state index < -0.39 is 11.6 Å². The second-order valence-corrected chi connectivity index (χ2v) is 9.58. The van der Waals surface area contributed by atoms with Gasteiger partial charge in [-0.15, -0.1) is 0 Å². The first-order valence-corrected chi connectivity index (χ1v) is 12.1. The third-order valence-electron chi connectivity index (χ3n) is 6.96. The van der Waals surface area contributed by atoms with Crippen LogP contribution in [0.15, 0.2) is 48.9 Å². The number of nitrogens with two attached hydrogens (primary N) is 1. The summed E-state index contributed by atoms with van der Waals surface area (Å²) in [6, 6.07) is 9.56. The number of rotatable bonds is 5. The number of nitrogens with one attached hydrogen (secondary N) is 2. The summed E-state index contributed by atoms with van der Waals surface area (Å²) in [6.07, 6.45) is 3.96. The molecule has 10 nitrogen and oxygen atoms in total.